The maximum Gasteiger partial charge on any atom is 0.312 e. The van der Waals surface area contributed by atoms with Gasteiger partial charge in [-0.15, -0.1) is 0 Å². The molecular formula is C23H35N3O4S. The first-order chi connectivity index (χ1) is 14.8. The SMILES string of the molecule is CCS(=O)(=O)N1CCC2(CC1)C[C@H](CCN1CCN(c3ccc(C)cc3)CC1)OC2=O. The largest absolute Gasteiger partial charge is 0.462 e. The second-order valence-electron chi connectivity index (χ2n) is 9.26. The third-order valence-corrected chi connectivity index (χ3v) is 9.18. The van der Waals surface area contributed by atoms with Crippen molar-refractivity contribution in [3.8, 4) is 0 Å². The molecule has 3 fully saturated rings. The molecule has 7 nitrogen and oxygen atoms in total. The molecule has 8 heteroatoms. The average Bonchev–Trinajstić information content (AvgIpc) is 3.08. The van der Waals surface area contributed by atoms with Crippen molar-refractivity contribution in [2.45, 2.75) is 45.6 Å². The number of piperidine rings is 1. The first-order valence-electron chi connectivity index (χ1n) is 11.5. The van der Waals surface area contributed by atoms with E-state index < -0.39 is 15.4 Å². The molecule has 4 rings (SSSR count). The van der Waals surface area contributed by atoms with E-state index in [1.807, 2.05) is 0 Å². The second kappa shape index (κ2) is 9.08. The van der Waals surface area contributed by atoms with Crippen LogP contribution in [0.15, 0.2) is 24.3 Å². The van der Waals surface area contributed by atoms with E-state index in [9.17, 15) is 13.2 Å². The first kappa shape index (κ1) is 22.6. The van der Waals surface area contributed by atoms with Crippen LogP contribution in [0.2, 0.25) is 0 Å². The molecule has 0 aliphatic carbocycles. The average molecular weight is 450 g/mol. The summed E-state index contributed by atoms with van der Waals surface area (Å²) in [4.78, 5) is 17.5. The Morgan fingerprint density at radius 2 is 1.68 bits per heavy atom. The number of carbonyl (C=O) groups is 1. The topological polar surface area (TPSA) is 70.2 Å². The van der Waals surface area contributed by atoms with E-state index in [4.69, 9.17) is 4.74 Å². The molecule has 0 amide bonds. The highest BCUT2D eigenvalue weighted by Gasteiger charge is 2.51. The number of benzene rings is 1. The highest BCUT2D eigenvalue weighted by molar-refractivity contribution is 7.89. The summed E-state index contributed by atoms with van der Waals surface area (Å²) in [5, 5.41) is 0. The van der Waals surface area contributed by atoms with Crippen LogP contribution in [0.3, 0.4) is 0 Å². The number of piperazine rings is 1. The fourth-order valence-corrected chi connectivity index (χ4v) is 6.20. The first-order valence-corrected chi connectivity index (χ1v) is 13.2. The standard InChI is InChI=1S/C23H35N3O4S/c1-3-31(28,29)26-12-9-23(10-13-26)18-21(30-22(23)27)8-11-24-14-16-25(17-15-24)20-6-4-19(2)5-7-20/h4-7,21H,3,8-18H2,1-2H3/t21-/m0/s1. The van der Waals surface area contributed by atoms with Crippen molar-refractivity contribution in [1.29, 1.82) is 0 Å². The third-order valence-electron chi connectivity index (χ3n) is 7.30. The van der Waals surface area contributed by atoms with E-state index >= 15 is 0 Å². The molecule has 1 aromatic rings. The van der Waals surface area contributed by atoms with Gasteiger partial charge in [0.25, 0.3) is 0 Å². The fourth-order valence-electron chi connectivity index (χ4n) is 5.09. The van der Waals surface area contributed by atoms with Gasteiger partial charge in [0.2, 0.25) is 10.0 Å². The van der Waals surface area contributed by atoms with Gasteiger partial charge >= 0.3 is 5.97 Å². The molecule has 0 N–H and O–H groups in total. The molecule has 1 aromatic carbocycles. The van der Waals surface area contributed by atoms with Crippen LogP contribution in [-0.4, -0.2) is 81.3 Å². The van der Waals surface area contributed by atoms with Crippen molar-refractivity contribution in [2.75, 3.05) is 56.5 Å². The van der Waals surface area contributed by atoms with Crippen LogP contribution in [0.4, 0.5) is 5.69 Å². The lowest BCUT2D eigenvalue weighted by molar-refractivity contribution is -0.150. The molecule has 0 bridgehead atoms. The van der Waals surface area contributed by atoms with Crippen molar-refractivity contribution < 1.29 is 17.9 Å². The zero-order valence-electron chi connectivity index (χ0n) is 18.8. The number of esters is 1. The minimum atomic E-state index is -3.18. The molecular weight excluding hydrogens is 414 g/mol. The van der Waals surface area contributed by atoms with Gasteiger partial charge in [-0.25, -0.2) is 12.7 Å². The van der Waals surface area contributed by atoms with Crippen LogP contribution in [0.1, 0.15) is 38.2 Å². The predicted molar refractivity (Wildman–Crippen MR) is 122 cm³/mol. The van der Waals surface area contributed by atoms with E-state index in [2.05, 4.69) is 41.0 Å². The summed E-state index contributed by atoms with van der Waals surface area (Å²) in [6, 6.07) is 8.71. The molecule has 0 unspecified atom stereocenters. The van der Waals surface area contributed by atoms with Gasteiger partial charge in [0.15, 0.2) is 0 Å². The normalized spacial score (nSPS) is 25.2. The van der Waals surface area contributed by atoms with Crippen LogP contribution >= 0.6 is 0 Å². The Balaban J connectivity index is 1.23. The quantitative estimate of drug-likeness (QED) is 0.621. The van der Waals surface area contributed by atoms with Gasteiger partial charge in [0.1, 0.15) is 6.10 Å². The van der Waals surface area contributed by atoms with Gasteiger partial charge in [-0.05, 0) is 45.2 Å². The molecule has 0 saturated carbocycles. The summed E-state index contributed by atoms with van der Waals surface area (Å²) in [6.45, 7) is 9.63. The molecule has 3 saturated heterocycles. The molecule has 1 atom stereocenters. The lowest BCUT2D eigenvalue weighted by atomic mass is 9.76. The van der Waals surface area contributed by atoms with E-state index in [-0.39, 0.29) is 17.8 Å². The Bertz CT molecular complexity index is 871. The van der Waals surface area contributed by atoms with E-state index in [1.54, 1.807) is 6.92 Å². The summed E-state index contributed by atoms with van der Waals surface area (Å²) < 4.78 is 31.5. The lowest BCUT2D eigenvalue weighted by Gasteiger charge is -2.36. The molecule has 1 spiro atoms. The fraction of sp³-hybridized carbons (Fsp3) is 0.696. The van der Waals surface area contributed by atoms with Crippen molar-refractivity contribution in [2.24, 2.45) is 5.41 Å². The van der Waals surface area contributed by atoms with Gasteiger partial charge in [-0.2, -0.15) is 0 Å². The van der Waals surface area contributed by atoms with Gasteiger partial charge in [0, 0.05) is 57.9 Å². The van der Waals surface area contributed by atoms with Gasteiger partial charge in [0.05, 0.1) is 11.2 Å². The number of cyclic esters (lactones) is 1. The summed E-state index contributed by atoms with van der Waals surface area (Å²) in [7, 11) is -3.18. The second-order valence-corrected chi connectivity index (χ2v) is 11.5. The molecule has 172 valence electrons. The van der Waals surface area contributed by atoms with Crippen LogP contribution in [-0.2, 0) is 19.6 Å². The minimum Gasteiger partial charge on any atom is -0.462 e. The molecule has 3 heterocycles. The van der Waals surface area contributed by atoms with Gasteiger partial charge in [-0.3, -0.25) is 9.69 Å². The van der Waals surface area contributed by atoms with Gasteiger partial charge < -0.3 is 9.64 Å². The van der Waals surface area contributed by atoms with E-state index in [1.165, 1.54) is 15.6 Å². The Morgan fingerprint density at radius 1 is 1.03 bits per heavy atom. The number of sulfonamides is 1. The Morgan fingerprint density at radius 3 is 2.29 bits per heavy atom. The lowest BCUT2D eigenvalue weighted by Crippen LogP contribution is -2.47. The van der Waals surface area contributed by atoms with Gasteiger partial charge in [-0.1, -0.05) is 17.7 Å². The van der Waals surface area contributed by atoms with Crippen LogP contribution in [0, 0.1) is 12.3 Å². The number of nitrogens with zero attached hydrogens (tertiary/aromatic N) is 3. The van der Waals surface area contributed by atoms with E-state index in [0.717, 1.165) is 45.6 Å². The third kappa shape index (κ3) is 4.91. The summed E-state index contributed by atoms with van der Waals surface area (Å²) in [6.07, 6.45) is 2.70. The Hall–Kier alpha value is -1.64. The predicted octanol–water partition coefficient (Wildman–Crippen LogP) is 2.25. The monoisotopic (exact) mass is 449 g/mol. The number of rotatable bonds is 6. The summed E-state index contributed by atoms with van der Waals surface area (Å²) >= 11 is 0. The number of hydrogen-bond donors (Lipinski definition) is 0. The molecule has 31 heavy (non-hydrogen) atoms. The molecule has 0 radical (unpaired) electrons. The zero-order chi connectivity index (χ0) is 22.1. The van der Waals surface area contributed by atoms with Crippen molar-refractivity contribution >= 4 is 21.7 Å². The molecule has 0 aromatic heterocycles. The Labute approximate surface area is 186 Å². The number of anilines is 1. The van der Waals surface area contributed by atoms with Crippen LogP contribution < -0.4 is 4.90 Å². The molecule has 3 aliphatic rings. The van der Waals surface area contributed by atoms with Crippen molar-refractivity contribution in [3.05, 3.63) is 29.8 Å². The van der Waals surface area contributed by atoms with Crippen molar-refractivity contribution in [1.82, 2.24) is 9.21 Å². The van der Waals surface area contributed by atoms with Crippen LogP contribution in [0.25, 0.3) is 0 Å². The maximum atomic E-state index is 12.7. The minimum absolute atomic E-state index is 0.0445. The maximum absolute atomic E-state index is 12.7. The number of hydrogen-bond acceptors (Lipinski definition) is 6. The Kier molecular flexibility index (Phi) is 6.60. The van der Waals surface area contributed by atoms with E-state index in [0.29, 0.717) is 25.9 Å². The highest BCUT2D eigenvalue weighted by atomic mass is 32.2. The number of ether oxygens (including phenoxy) is 1. The number of carbonyl (C=O) groups excluding carboxylic acids is 1. The highest BCUT2D eigenvalue weighted by Crippen LogP contribution is 2.44. The summed E-state index contributed by atoms with van der Waals surface area (Å²) in [5.74, 6) is -0.000196. The smallest absolute Gasteiger partial charge is 0.312 e. The van der Waals surface area contributed by atoms with Crippen LogP contribution in [0.5, 0.6) is 0 Å². The van der Waals surface area contributed by atoms with Crippen molar-refractivity contribution in [3.63, 3.8) is 0 Å². The summed E-state index contributed by atoms with van der Waals surface area (Å²) in [5.41, 5.74) is 2.09. The molecule has 3 aliphatic heterocycles. The zero-order valence-corrected chi connectivity index (χ0v) is 19.6. The number of aryl methyl sites for hydroxylation is 1.